The van der Waals surface area contributed by atoms with Gasteiger partial charge >= 0.3 is 7.12 Å². The molecule has 2 saturated heterocycles. The molecule has 0 bridgehead atoms. The third-order valence-electron chi connectivity index (χ3n) is 5.58. The van der Waals surface area contributed by atoms with Crippen molar-refractivity contribution in [3.8, 4) is 5.75 Å². The lowest BCUT2D eigenvalue weighted by Gasteiger charge is -2.32. The van der Waals surface area contributed by atoms with Crippen molar-refractivity contribution in [1.82, 2.24) is 5.32 Å². The highest BCUT2D eigenvalue weighted by atomic mass is 16.7. The van der Waals surface area contributed by atoms with Crippen LogP contribution < -0.4 is 15.5 Å². The summed E-state index contributed by atoms with van der Waals surface area (Å²) < 4.78 is 18.0. The van der Waals surface area contributed by atoms with E-state index in [0.29, 0.717) is 5.92 Å². The first-order chi connectivity index (χ1) is 10.8. The molecule has 0 atom stereocenters. The summed E-state index contributed by atoms with van der Waals surface area (Å²) in [7, 11) is 1.41. The van der Waals surface area contributed by atoms with Gasteiger partial charge in [-0.25, -0.2) is 0 Å². The van der Waals surface area contributed by atoms with Crippen molar-refractivity contribution in [2.24, 2.45) is 0 Å². The molecule has 4 nitrogen and oxygen atoms in total. The van der Waals surface area contributed by atoms with E-state index in [-0.39, 0.29) is 18.3 Å². The number of hydrogen-bond donors (Lipinski definition) is 1. The Labute approximate surface area is 140 Å². The van der Waals surface area contributed by atoms with E-state index in [2.05, 4.69) is 45.1 Å². The number of ether oxygens (including phenoxy) is 1. The van der Waals surface area contributed by atoms with Crippen molar-refractivity contribution in [3.05, 3.63) is 23.8 Å². The number of hydrogen-bond acceptors (Lipinski definition) is 4. The molecule has 2 heterocycles. The van der Waals surface area contributed by atoms with Gasteiger partial charge in [-0.15, -0.1) is 0 Å². The quantitative estimate of drug-likeness (QED) is 0.870. The van der Waals surface area contributed by atoms with Gasteiger partial charge in [-0.05, 0) is 82.7 Å². The molecule has 2 aliphatic heterocycles. The van der Waals surface area contributed by atoms with Gasteiger partial charge in [0.15, 0.2) is 0 Å². The first-order valence-electron chi connectivity index (χ1n) is 8.58. The molecule has 0 aromatic heterocycles. The number of benzene rings is 1. The molecule has 3 rings (SSSR count). The minimum absolute atomic E-state index is 0.309. The Morgan fingerprint density at radius 3 is 2.26 bits per heavy atom. The normalized spacial score (nSPS) is 24.0. The predicted octanol–water partition coefficient (Wildman–Crippen LogP) is 2.46. The summed E-state index contributed by atoms with van der Waals surface area (Å²) in [5, 5.41) is 3.43. The molecular weight excluding hydrogens is 289 g/mol. The van der Waals surface area contributed by atoms with Crippen LogP contribution in [0.3, 0.4) is 0 Å². The van der Waals surface area contributed by atoms with E-state index in [9.17, 15) is 0 Å². The summed E-state index contributed by atoms with van der Waals surface area (Å²) in [4.78, 5) is 0. The highest BCUT2D eigenvalue weighted by Gasteiger charge is 2.52. The van der Waals surface area contributed by atoms with Crippen LogP contribution in [0.5, 0.6) is 5.75 Å². The SMILES string of the molecule is COc1ccc(B2OC(C)(C)C(C)(C)O2)c(C2CCNCC2)c1. The summed E-state index contributed by atoms with van der Waals surface area (Å²) >= 11 is 0. The van der Waals surface area contributed by atoms with Crippen molar-refractivity contribution in [3.63, 3.8) is 0 Å². The van der Waals surface area contributed by atoms with Crippen LogP contribution in [0.1, 0.15) is 52.0 Å². The van der Waals surface area contributed by atoms with Gasteiger partial charge in [-0.2, -0.15) is 0 Å². The lowest BCUT2D eigenvalue weighted by atomic mass is 9.71. The summed E-state index contributed by atoms with van der Waals surface area (Å²) in [6.07, 6.45) is 2.28. The molecule has 0 unspecified atom stereocenters. The Morgan fingerprint density at radius 2 is 1.70 bits per heavy atom. The highest BCUT2D eigenvalue weighted by molar-refractivity contribution is 6.62. The molecule has 0 amide bonds. The Morgan fingerprint density at radius 1 is 1.09 bits per heavy atom. The largest absolute Gasteiger partial charge is 0.497 e. The lowest BCUT2D eigenvalue weighted by molar-refractivity contribution is 0.00578. The number of methoxy groups -OCH3 is 1. The van der Waals surface area contributed by atoms with Crippen LogP contribution in [0.4, 0.5) is 0 Å². The van der Waals surface area contributed by atoms with Gasteiger partial charge < -0.3 is 19.4 Å². The Balaban J connectivity index is 1.95. The van der Waals surface area contributed by atoms with E-state index in [1.165, 1.54) is 5.56 Å². The van der Waals surface area contributed by atoms with Gasteiger partial charge in [-0.1, -0.05) is 6.07 Å². The zero-order valence-corrected chi connectivity index (χ0v) is 14.9. The maximum atomic E-state index is 6.28. The van der Waals surface area contributed by atoms with Crippen LogP contribution in [0.25, 0.3) is 0 Å². The van der Waals surface area contributed by atoms with Crippen LogP contribution >= 0.6 is 0 Å². The van der Waals surface area contributed by atoms with Crippen molar-refractivity contribution in [1.29, 1.82) is 0 Å². The molecule has 1 aromatic carbocycles. The number of piperidine rings is 1. The fraction of sp³-hybridized carbons (Fsp3) is 0.667. The van der Waals surface area contributed by atoms with Crippen LogP contribution in [-0.4, -0.2) is 38.5 Å². The molecule has 5 heteroatoms. The Bertz CT molecular complexity index is 551. The van der Waals surface area contributed by atoms with Crippen molar-refractivity contribution >= 4 is 12.6 Å². The van der Waals surface area contributed by atoms with Crippen LogP contribution in [-0.2, 0) is 9.31 Å². The first kappa shape index (κ1) is 16.8. The standard InChI is InChI=1S/C18H28BNO3/c1-17(2)18(3,4)23-19(22-17)16-7-6-14(21-5)12-15(16)13-8-10-20-11-9-13/h6-7,12-13,20H,8-11H2,1-5H3. The van der Waals surface area contributed by atoms with Crippen LogP contribution in [0, 0.1) is 0 Å². The van der Waals surface area contributed by atoms with E-state index in [1.807, 2.05) is 6.07 Å². The smallest absolute Gasteiger partial charge is 0.495 e. The van der Waals surface area contributed by atoms with Crippen LogP contribution in [0.15, 0.2) is 18.2 Å². The van der Waals surface area contributed by atoms with Gasteiger partial charge in [0.1, 0.15) is 5.75 Å². The van der Waals surface area contributed by atoms with E-state index in [0.717, 1.165) is 37.1 Å². The third-order valence-corrected chi connectivity index (χ3v) is 5.58. The average molecular weight is 317 g/mol. The molecule has 1 aromatic rings. The van der Waals surface area contributed by atoms with Gasteiger partial charge in [0.2, 0.25) is 0 Å². The summed E-state index contributed by atoms with van der Waals surface area (Å²) in [5.41, 5.74) is 1.83. The van der Waals surface area contributed by atoms with E-state index < -0.39 is 0 Å². The zero-order valence-electron chi connectivity index (χ0n) is 14.9. The fourth-order valence-corrected chi connectivity index (χ4v) is 3.35. The molecule has 1 N–H and O–H groups in total. The second-order valence-corrected chi connectivity index (χ2v) is 7.61. The Kier molecular flexibility index (Phi) is 4.47. The molecular formula is C18H28BNO3. The van der Waals surface area contributed by atoms with Crippen molar-refractivity contribution in [2.45, 2.75) is 57.7 Å². The van der Waals surface area contributed by atoms with E-state index in [4.69, 9.17) is 14.0 Å². The van der Waals surface area contributed by atoms with Gasteiger partial charge in [-0.3, -0.25) is 0 Å². The molecule has 2 aliphatic rings. The average Bonchev–Trinajstić information content (AvgIpc) is 2.75. The summed E-state index contributed by atoms with van der Waals surface area (Å²) in [6.45, 7) is 10.5. The third kappa shape index (κ3) is 3.15. The molecule has 0 spiro atoms. The number of rotatable bonds is 3. The Hall–Kier alpha value is -1.04. The second kappa shape index (κ2) is 6.12. The van der Waals surface area contributed by atoms with Crippen molar-refractivity contribution < 1.29 is 14.0 Å². The van der Waals surface area contributed by atoms with Crippen LogP contribution in [0.2, 0.25) is 0 Å². The van der Waals surface area contributed by atoms with E-state index >= 15 is 0 Å². The molecule has 126 valence electrons. The highest BCUT2D eigenvalue weighted by Crippen LogP contribution is 2.38. The molecule has 0 saturated carbocycles. The zero-order chi connectivity index (χ0) is 16.7. The summed E-state index contributed by atoms with van der Waals surface area (Å²) in [5.74, 6) is 1.43. The molecule has 0 aliphatic carbocycles. The monoisotopic (exact) mass is 317 g/mol. The second-order valence-electron chi connectivity index (χ2n) is 7.61. The fourth-order valence-electron chi connectivity index (χ4n) is 3.35. The minimum Gasteiger partial charge on any atom is -0.497 e. The van der Waals surface area contributed by atoms with E-state index in [1.54, 1.807) is 7.11 Å². The molecule has 23 heavy (non-hydrogen) atoms. The molecule has 2 fully saturated rings. The minimum atomic E-state index is -0.316. The maximum absolute atomic E-state index is 6.28. The predicted molar refractivity (Wildman–Crippen MR) is 93.6 cm³/mol. The maximum Gasteiger partial charge on any atom is 0.495 e. The van der Waals surface area contributed by atoms with Gasteiger partial charge in [0.05, 0.1) is 18.3 Å². The van der Waals surface area contributed by atoms with Gasteiger partial charge in [0.25, 0.3) is 0 Å². The lowest BCUT2D eigenvalue weighted by Crippen LogP contribution is -2.41. The molecule has 0 radical (unpaired) electrons. The first-order valence-corrected chi connectivity index (χ1v) is 8.58. The van der Waals surface area contributed by atoms with Gasteiger partial charge in [0, 0.05) is 0 Å². The van der Waals surface area contributed by atoms with Crippen molar-refractivity contribution in [2.75, 3.05) is 20.2 Å². The number of nitrogens with one attached hydrogen (secondary N) is 1. The summed E-state index contributed by atoms with van der Waals surface area (Å²) in [6, 6.07) is 6.28. The topological polar surface area (TPSA) is 39.7 Å².